The van der Waals surface area contributed by atoms with Gasteiger partial charge >= 0.3 is 0 Å². The Morgan fingerprint density at radius 2 is 1.50 bits per heavy atom. The largest absolute Gasteiger partial charge is 0.241 e. The van der Waals surface area contributed by atoms with Crippen molar-refractivity contribution in [3.8, 4) is 0 Å². The molecule has 2 aromatic carbocycles. The Bertz CT molecular complexity index is 575. The Morgan fingerprint density at radius 1 is 0.875 bits per heavy atom. The van der Waals surface area contributed by atoms with Crippen molar-refractivity contribution in [3.05, 3.63) is 71.8 Å². The first-order chi connectivity index (χ1) is 11.9. The monoisotopic (exact) mass is 322 g/mol. The van der Waals surface area contributed by atoms with Crippen molar-refractivity contribution in [1.82, 2.24) is 10.0 Å². The highest BCUT2D eigenvalue weighted by Crippen LogP contribution is 2.28. The second-order valence-electron chi connectivity index (χ2n) is 6.75. The second kappa shape index (κ2) is 9.00. The molecule has 2 heteroatoms. The van der Waals surface area contributed by atoms with Crippen LogP contribution in [0, 0.1) is 0 Å². The fraction of sp³-hybridized carbons (Fsp3) is 0.455. The van der Waals surface area contributed by atoms with Gasteiger partial charge in [0.15, 0.2) is 0 Å². The Balaban J connectivity index is 1.77. The maximum atomic E-state index is 2.65. The smallest absolute Gasteiger partial charge is 0.0492 e. The van der Waals surface area contributed by atoms with Crippen LogP contribution >= 0.6 is 0 Å². The van der Waals surface area contributed by atoms with Crippen molar-refractivity contribution < 1.29 is 0 Å². The van der Waals surface area contributed by atoms with Crippen LogP contribution in [0.3, 0.4) is 0 Å². The number of hydrogen-bond donors (Lipinski definition) is 0. The topological polar surface area (TPSA) is 6.48 Å². The number of benzene rings is 2. The second-order valence-corrected chi connectivity index (χ2v) is 6.75. The van der Waals surface area contributed by atoms with E-state index >= 15 is 0 Å². The fourth-order valence-electron chi connectivity index (χ4n) is 3.81. The lowest BCUT2D eigenvalue weighted by atomic mass is 10.0. The van der Waals surface area contributed by atoms with Gasteiger partial charge < -0.3 is 0 Å². The fourth-order valence-corrected chi connectivity index (χ4v) is 3.81. The number of nitrogens with zero attached hydrogens (tertiary/aromatic N) is 2. The zero-order valence-corrected chi connectivity index (χ0v) is 14.9. The van der Waals surface area contributed by atoms with Gasteiger partial charge in [-0.1, -0.05) is 74.0 Å². The third-order valence-electron chi connectivity index (χ3n) is 5.10. The van der Waals surface area contributed by atoms with Gasteiger partial charge in [-0.3, -0.25) is 0 Å². The van der Waals surface area contributed by atoms with Gasteiger partial charge in [0, 0.05) is 25.7 Å². The average Bonchev–Trinajstić information content (AvgIpc) is 2.67. The summed E-state index contributed by atoms with van der Waals surface area (Å²) in [7, 11) is 0. The summed E-state index contributed by atoms with van der Waals surface area (Å²) < 4.78 is 0. The van der Waals surface area contributed by atoms with E-state index in [1.165, 1.54) is 43.5 Å². The van der Waals surface area contributed by atoms with Crippen LogP contribution < -0.4 is 0 Å². The molecule has 1 aliphatic rings. The molecule has 1 aliphatic heterocycles. The molecule has 2 aromatic rings. The number of hydrazine groups is 1. The molecule has 0 spiro atoms. The molecule has 0 bridgehead atoms. The SMILES string of the molecule is CCC(c1ccccc1)N(CCc1ccccc1)N1CCCCC1. The minimum atomic E-state index is 0.480. The standard InChI is InChI=1S/C22H30N2/c1-2-22(21-14-8-4-9-15-21)24(23-17-10-5-11-18-23)19-16-20-12-6-3-7-13-20/h3-4,6-9,12-15,22H,2,5,10-11,16-19H2,1H3. The lowest BCUT2D eigenvalue weighted by molar-refractivity contribution is -0.0748. The van der Waals surface area contributed by atoms with E-state index in [2.05, 4.69) is 77.6 Å². The molecule has 0 amide bonds. The zero-order valence-electron chi connectivity index (χ0n) is 14.9. The molecule has 1 saturated heterocycles. The van der Waals surface area contributed by atoms with Gasteiger partial charge in [-0.2, -0.15) is 0 Å². The van der Waals surface area contributed by atoms with Gasteiger partial charge in [0.1, 0.15) is 0 Å². The summed E-state index contributed by atoms with van der Waals surface area (Å²) in [5.74, 6) is 0. The van der Waals surface area contributed by atoms with Crippen molar-refractivity contribution in [2.24, 2.45) is 0 Å². The van der Waals surface area contributed by atoms with E-state index in [4.69, 9.17) is 0 Å². The minimum Gasteiger partial charge on any atom is -0.241 e. The Kier molecular flexibility index (Phi) is 6.45. The van der Waals surface area contributed by atoms with Gasteiger partial charge in [-0.05, 0) is 36.8 Å². The quantitative estimate of drug-likeness (QED) is 0.701. The molecule has 2 nitrogen and oxygen atoms in total. The Labute approximate surface area is 147 Å². The van der Waals surface area contributed by atoms with E-state index in [-0.39, 0.29) is 0 Å². The highest BCUT2D eigenvalue weighted by atomic mass is 15.6. The van der Waals surface area contributed by atoms with E-state index in [1.807, 2.05) is 0 Å². The van der Waals surface area contributed by atoms with Crippen LogP contribution in [0.1, 0.15) is 49.8 Å². The first kappa shape index (κ1) is 17.2. The lowest BCUT2D eigenvalue weighted by Crippen LogP contribution is -2.48. The normalized spacial score (nSPS) is 17.1. The molecule has 1 atom stereocenters. The van der Waals surface area contributed by atoms with Crippen molar-refractivity contribution in [1.29, 1.82) is 0 Å². The van der Waals surface area contributed by atoms with Crippen molar-refractivity contribution >= 4 is 0 Å². The summed E-state index contributed by atoms with van der Waals surface area (Å²) in [6, 6.07) is 22.4. The Hall–Kier alpha value is -1.64. The van der Waals surface area contributed by atoms with E-state index in [1.54, 1.807) is 0 Å². The van der Waals surface area contributed by atoms with Crippen LogP contribution in [0.25, 0.3) is 0 Å². The first-order valence-electron chi connectivity index (χ1n) is 9.49. The van der Waals surface area contributed by atoms with Gasteiger partial charge in [-0.15, -0.1) is 0 Å². The molecule has 0 radical (unpaired) electrons. The maximum Gasteiger partial charge on any atom is 0.0492 e. The van der Waals surface area contributed by atoms with Crippen LogP contribution in [0.4, 0.5) is 0 Å². The lowest BCUT2D eigenvalue weighted by Gasteiger charge is -2.42. The predicted octanol–water partition coefficient (Wildman–Crippen LogP) is 5.08. The van der Waals surface area contributed by atoms with Gasteiger partial charge in [0.05, 0.1) is 0 Å². The summed E-state index contributed by atoms with van der Waals surface area (Å²) in [5, 5.41) is 5.27. The summed E-state index contributed by atoms with van der Waals surface area (Å²) in [6.45, 7) is 5.82. The molecular weight excluding hydrogens is 292 g/mol. The van der Waals surface area contributed by atoms with Crippen molar-refractivity contribution in [3.63, 3.8) is 0 Å². The number of piperidine rings is 1. The summed E-state index contributed by atoms with van der Waals surface area (Å²) in [6.07, 6.45) is 6.29. The summed E-state index contributed by atoms with van der Waals surface area (Å²) in [5.41, 5.74) is 2.88. The van der Waals surface area contributed by atoms with Gasteiger partial charge in [0.25, 0.3) is 0 Å². The highest BCUT2D eigenvalue weighted by Gasteiger charge is 2.25. The molecule has 0 N–H and O–H groups in total. The number of rotatable bonds is 7. The van der Waals surface area contributed by atoms with E-state index in [9.17, 15) is 0 Å². The minimum absolute atomic E-state index is 0.480. The van der Waals surface area contributed by atoms with E-state index in [0.717, 1.165) is 19.4 Å². The molecule has 128 valence electrons. The van der Waals surface area contributed by atoms with Crippen LogP contribution in [0.15, 0.2) is 60.7 Å². The highest BCUT2D eigenvalue weighted by molar-refractivity contribution is 5.19. The van der Waals surface area contributed by atoms with Crippen LogP contribution in [-0.4, -0.2) is 29.7 Å². The van der Waals surface area contributed by atoms with Gasteiger partial charge in [0.2, 0.25) is 0 Å². The van der Waals surface area contributed by atoms with Crippen molar-refractivity contribution in [2.75, 3.05) is 19.6 Å². The third kappa shape index (κ3) is 4.46. The average molecular weight is 322 g/mol. The van der Waals surface area contributed by atoms with E-state index in [0.29, 0.717) is 6.04 Å². The summed E-state index contributed by atoms with van der Waals surface area (Å²) >= 11 is 0. The number of hydrogen-bond acceptors (Lipinski definition) is 2. The van der Waals surface area contributed by atoms with Crippen LogP contribution in [0.2, 0.25) is 0 Å². The molecule has 1 heterocycles. The zero-order chi connectivity index (χ0) is 16.6. The molecule has 0 aliphatic carbocycles. The van der Waals surface area contributed by atoms with Crippen molar-refractivity contribution in [2.45, 2.75) is 45.1 Å². The molecular formula is C22H30N2. The predicted molar refractivity (Wildman–Crippen MR) is 102 cm³/mol. The molecule has 24 heavy (non-hydrogen) atoms. The molecule has 0 aromatic heterocycles. The molecule has 3 rings (SSSR count). The maximum absolute atomic E-state index is 2.65. The van der Waals surface area contributed by atoms with Gasteiger partial charge in [-0.25, -0.2) is 10.0 Å². The molecule has 1 unspecified atom stereocenters. The van der Waals surface area contributed by atoms with E-state index < -0.39 is 0 Å². The Morgan fingerprint density at radius 3 is 2.12 bits per heavy atom. The molecule has 0 saturated carbocycles. The van der Waals surface area contributed by atoms with Crippen LogP contribution in [0.5, 0.6) is 0 Å². The summed E-state index contributed by atoms with van der Waals surface area (Å²) in [4.78, 5) is 0. The van der Waals surface area contributed by atoms with Crippen LogP contribution in [-0.2, 0) is 6.42 Å². The molecule has 1 fully saturated rings. The first-order valence-corrected chi connectivity index (χ1v) is 9.49. The third-order valence-corrected chi connectivity index (χ3v) is 5.10.